The molecule has 0 aliphatic carbocycles. The van der Waals surface area contributed by atoms with Crippen molar-refractivity contribution in [3.8, 4) is 0 Å². The van der Waals surface area contributed by atoms with E-state index < -0.39 is 5.60 Å². The molecule has 138 valence electrons. The van der Waals surface area contributed by atoms with Gasteiger partial charge < -0.3 is 24.6 Å². The number of hydrogen-bond donors (Lipinski definition) is 1. The molecule has 0 bridgehead atoms. The molecule has 24 heavy (non-hydrogen) atoms. The summed E-state index contributed by atoms with van der Waals surface area (Å²) in [5.74, 6) is 0.371. The maximum absolute atomic E-state index is 12.5. The van der Waals surface area contributed by atoms with E-state index in [1.807, 2.05) is 32.6 Å². The van der Waals surface area contributed by atoms with Crippen LogP contribution in [0, 0.1) is 5.92 Å². The topological polar surface area (TPSA) is 71.1 Å². The molecule has 2 aliphatic heterocycles. The molecule has 2 aliphatic rings. The SMILES string of the molecule is CCOC(=O)N1CCC(C2CNCCN2C(=O)OC(C)(C)C)CC1. The highest BCUT2D eigenvalue weighted by atomic mass is 16.6. The molecule has 0 radical (unpaired) electrons. The van der Waals surface area contributed by atoms with Gasteiger partial charge in [-0.1, -0.05) is 0 Å². The Labute approximate surface area is 144 Å². The Kier molecular flexibility index (Phi) is 6.32. The number of piperidine rings is 1. The minimum atomic E-state index is -0.486. The van der Waals surface area contributed by atoms with Crippen molar-refractivity contribution in [2.24, 2.45) is 5.92 Å². The van der Waals surface area contributed by atoms with Crippen molar-refractivity contribution in [3.05, 3.63) is 0 Å². The fourth-order valence-corrected chi connectivity index (χ4v) is 3.38. The summed E-state index contributed by atoms with van der Waals surface area (Å²) in [6.07, 6.45) is 1.29. The normalized spacial score (nSPS) is 23.1. The van der Waals surface area contributed by atoms with Crippen molar-refractivity contribution < 1.29 is 19.1 Å². The van der Waals surface area contributed by atoms with E-state index in [-0.39, 0.29) is 18.2 Å². The monoisotopic (exact) mass is 341 g/mol. The first kappa shape index (κ1) is 18.8. The third-order valence-corrected chi connectivity index (χ3v) is 4.52. The minimum absolute atomic E-state index is 0.123. The Bertz CT molecular complexity index is 442. The quantitative estimate of drug-likeness (QED) is 0.832. The molecule has 1 atom stereocenters. The average molecular weight is 341 g/mol. The highest BCUT2D eigenvalue weighted by molar-refractivity contribution is 5.69. The van der Waals surface area contributed by atoms with Crippen molar-refractivity contribution >= 4 is 12.2 Å². The molecule has 2 heterocycles. The highest BCUT2D eigenvalue weighted by Crippen LogP contribution is 2.26. The van der Waals surface area contributed by atoms with E-state index in [1.165, 1.54) is 0 Å². The third kappa shape index (κ3) is 5.00. The third-order valence-electron chi connectivity index (χ3n) is 4.52. The lowest BCUT2D eigenvalue weighted by molar-refractivity contribution is -0.00175. The Hall–Kier alpha value is -1.50. The van der Waals surface area contributed by atoms with E-state index in [4.69, 9.17) is 9.47 Å². The number of nitrogens with zero attached hydrogens (tertiary/aromatic N) is 2. The molecular weight excluding hydrogens is 310 g/mol. The van der Waals surface area contributed by atoms with Crippen LogP contribution in [0.15, 0.2) is 0 Å². The van der Waals surface area contributed by atoms with Crippen LogP contribution in [-0.2, 0) is 9.47 Å². The van der Waals surface area contributed by atoms with Crippen LogP contribution in [-0.4, -0.2) is 73.0 Å². The van der Waals surface area contributed by atoms with Crippen LogP contribution in [0.1, 0.15) is 40.5 Å². The number of rotatable bonds is 2. The lowest BCUT2D eigenvalue weighted by atomic mass is 9.87. The minimum Gasteiger partial charge on any atom is -0.450 e. The number of likely N-dealkylation sites (tertiary alicyclic amines) is 1. The fourth-order valence-electron chi connectivity index (χ4n) is 3.38. The summed E-state index contributed by atoms with van der Waals surface area (Å²) in [5.41, 5.74) is -0.486. The van der Waals surface area contributed by atoms with Gasteiger partial charge in [0.25, 0.3) is 0 Å². The molecule has 2 amide bonds. The zero-order chi connectivity index (χ0) is 17.7. The van der Waals surface area contributed by atoms with E-state index in [9.17, 15) is 9.59 Å². The van der Waals surface area contributed by atoms with Crippen LogP contribution in [0.5, 0.6) is 0 Å². The summed E-state index contributed by atoms with van der Waals surface area (Å²) in [6, 6.07) is 0.123. The van der Waals surface area contributed by atoms with Crippen molar-refractivity contribution in [3.63, 3.8) is 0 Å². The van der Waals surface area contributed by atoms with Gasteiger partial charge in [-0.2, -0.15) is 0 Å². The van der Waals surface area contributed by atoms with E-state index in [0.717, 1.165) is 25.9 Å². The number of hydrogen-bond acceptors (Lipinski definition) is 5. The summed E-state index contributed by atoms with van der Waals surface area (Å²) < 4.78 is 10.6. The molecule has 1 unspecified atom stereocenters. The van der Waals surface area contributed by atoms with Crippen molar-refractivity contribution in [1.82, 2.24) is 15.1 Å². The van der Waals surface area contributed by atoms with Gasteiger partial charge in [-0.05, 0) is 46.5 Å². The Morgan fingerprint density at radius 3 is 2.38 bits per heavy atom. The molecule has 2 rings (SSSR count). The molecule has 2 fully saturated rings. The molecule has 0 aromatic carbocycles. The second-order valence-corrected chi connectivity index (χ2v) is 7.47. The van der Waals surface area contributed by atoms with Gasteiger partial charge in [-0.3, -0.25) is 0 Å². The van der Waals surface area contributed by atoms with Gasteiger partial charge in [-0.25, -0.2) is 9.59 Å². The Morgan fingerprint density at radius 2 is 1.79 bits per heavy atom. The zero-order valence-electron chi connectivity index (χ0n) is 15.3. The molecule has 2 saturated heterocycles. The number of amides is 2. The maximum Gasteiger partial charge on any atom is 0.410 e. The summed E-state index contributed by atoms with van der Waals surface area (Å²) in [7, 11) is 0. The molecule has 7 heteroatoms. The zero-order valence-corrected chi connectivity index (χ0v) is 15.3. The molecule has 0 spiro atoms. The van der Waals surface area contributed by atoms with Crippen LogP contribution in [0.25, 0.3) is 0 Å². The fraction of sp³-hybridized carbons (Fsp3) is 0.882. The van der Waals surface area contributed by atoms with Crippen LogP contribution in [0.2, 0.25) is 0 Å². The number of carbonyl (C=O) groups is 2. The van der Waals surface area contributed by atoms with E-state index in [0.29, 0.717) is 32.2 Å². The lowest BCUT2D eigenvalue weighted by Crippen LogP contribution is -2.58. The molecule has 0 saturated carbocycles. The van der Waals surface area contributed by atoms with Gasteiger partial charge >= 0.3 is 12.2 Å². The van der Waals surface area contributed by atoms with Gasteiger partial charge in [0.1, 0.15) is 5.60 Å². The van der Waals surface area contributed by atoms with Gasteiger partial charge in [0.05, 0.1) is 12.6 Å². The number of ether oxygens (including phenoxy) is 2. The predicted molar refractivity (Wildman–Crippen MR) is 90.9 cm³/mol. The molecule has 0 aromatic rings. The van der Waals surface area contributed by atoms with E-state index in [1.54, 1.807) is 4.90 Å². The van der Waals surface area contributed by atoms with Crippen LogP contribution >= 0.6 is 0 Å². The average Bonchev–Trinajstić information content (AvgIpc) is 2.53. The number of piperazine rings is 1. The molecule has 0 aromatic heterocycles. The summed E-state index contributed by atoms with van der Waals surface area (Å²) in [6.45, 7) is 11.5. The van der Waals surface area contributed by atoms with Crippen LogP contribution < -0.4 is 5.32 Å². The second-order valence-electron chi connectivity index (χ2n) is 7.47. The van der Waals surface area contributed by atoms with Crippen molar-refractivity contribution in [2.75, 3.05) is 39.3 Å². The first-order chi connectivity index (χ1) is 11.3. The molecule has 1 N–H and O–H groups in total. The van der Waals surface area contributed by atoms with Crippen LogP contribution in [0.3, 0.4) is 0 Å². The predicted octanol–water partition coefficient (Wildman–Crippen LogP) is 2.06. The molecular formula is C17H31N3O4. The standard InChI is InChI=1S/C17H31N3O4/c1-5-23-15(21)19-9-6-13(7-10-19)14-12-18-8-11-20(14)16(22)24-17(2,3)4/h13-14,18H,5-12H2,1-4H3. The largest absolute Gasteiger partial charge is 0.450 e. The van der Waals surface area contributed by atoms with E-state index in [2.05, 4.69) is 5.32 Å². The van der Waals surface area contributed by atoms with Gasteiger partial charge in [-0.15, -0.1) is 0 Å². The van der Waals surface area contributed by atoms with Gasteiger partial charge in [0, 0.05) is 32.7 Å². The van der Waals surface area contributed by atoms with E-state index >= 15 is 0 Å². The smallest absolute Gasteiger partial charge is 0.410 e. The van der Waals surface area contributed by atoms with Crippen molar-refractivity contribution in [2.45, 2.75) is 52.2 Å². The number of nitrogens with one attached hydrogen (secondary N) is 1. The second kappa shape index (κ2) is 8.05. The Morgan fingerprint density at radius 1 is 1.12 bits per heavy atom. The first-order valence-corrected chi connectivity index (χ1v) is 8.94. The maximum atomic E-state index is 12.5. The summed E-state index contributed by atoms with van der Waals surface area (Å²) in [4.78, 5) is 28.0. The highest BCUT2D eigenvalue weighted by Gasteiger charge is 2.37. The van der Waals surface area contributed by atoms with Crippen LogP contribution in [0.4, 0.5) is 9.59 Å². The lowest BCUT2D eigenvalue weighted by Gasteiger charge is -2.43. The molecule has 7 nitrogen and oxygen atoms in total. The van der Waals surface area contributed by atoms with Crippen molar-refractivity contribution in [1.29, 1.82) is 0 Å². The Balaban J connectivity index is 1.94. The number of carbonyl (C=O) groups excluding carboxylic acids is 2. The van der Waals surface area contributed by atoms with Gasteiger partial charge in [0.2, 0.25) is 0 Å². The first-order valence-electron chi connectivity index (χ1n) is 8.94. The summed E-state index contributed by atoms with van der Waals surface area (Å²) in [5, 5.41) is 3.38. The van der Waals surface area contributed by atoms with Gasteiger partial charge in [0.15, 0.2) is 0 Å². The summed E-state index contributed by atoms with van der Waals surface area (Å²) >= 11 is 0.